The molecule has 4 heteroatoms. The molecule has 0 saturated carbocycles. The van der Waals surface area contributed by atoms with E-state index in [4.69, 9.17) is 9.97 Å². The van der Waals surface area contributed by atoms with Gasteiger partial charge in [-0.25, -0.2) is 9.97 Å². The van der Waals surface area contributed by atoms with Gasteiger partial charge in [0.25, 0.3) is 0 Å². The predicted molar refractivity (Wildman–Crippen MR) is 239 cm³/mol. The number of rotatable bonds is 9. The first kappa shape index (κ1) is 36.1. The molecule has 1 atom stereocenters. The van der Waals surface area contributed by atoms with Crippen LogP contribution < -0.4 is 0 Å². The lowest BCUT2D eigenvalue weighted by atomic mass is 9.75. The molecule has 9 rings (SSSR count). The van der Waals surface area contributed by atoms with Gasteiger partial charge in [-0.3, -0.25) is 9.13 Å². The normalized spacial score (nSPS) is 12.5. The maximum atomic E-state index is 5.13. The molecule has 0 fully saturated rings. The van der Waals surface area contributed by atoms with E-state index in [0.717, 1.165) is 62.6 Å². The van der Waals surface area contributed by atoms with Crippen LogP contribution in [0.15, 0.2) is 176 Å². The molecule has 57 heavy (non-hydrogen) atoms. The number of fused-ring (bicyclic) bond motifs is 2. The Morgan fingerprint density at radius 3 is 1.23 bits per heavy atom. The lowest BCUT2D eigenvalue weighted by Crippen LogP contribution is -2.16. The lowest BCUT2D eigenvalue weighted by molar-refractivity contribution is 0.301. The largest absolute Gasteiger partial charge is 0.292 e. The second-order valence-electron chi connectivity index (χ2n) is 16.8. The summed E-state index contributed by atoms with van der Waals surface area (Å²) in [4.78, 5) is 10.3. The van der Waals surface area contributed by atoms with Crippen LogP contribution in [0.1, 0.15) is 52.5 Å². The molecule has 0 aliphatic rings. The Morgan fingerprint density at radius 1 is 0.439 bits per heavy atom. The Morgan fingerprint density at radius 2 is 0.825 bits per heavy atom. The van der Waals surface area contributed by atoms with Crippen molar-refractivity contribution in [1.82, 2.24) is 19.1 Å². The molecule has 0 amide bonds. The summed E-state index contributed by atoms with van der Waals surface area (Å²) >= 11 is 0. The van der Waals surface area contributed by atoms with Crippen LogP contribution in [0, 0.1) is 11.3 Å². The number of nitrogens with zero attached hydrogens (tertiary/aromatic N) is 4. The number of aromatic nitrogens is 4. The van der Waals surface area contributed by atoms with Crippen molar-refractivity contribution in [3.05, 3.63) is 181 Å². The minimum absolute atomic E-state index is 0.197. The summed E-state index contributed by atoms with van der Waals surface area (Å²) in [5.41, 5.74) is 14.9. The van der Waals surface area contributed by atoms with Crippen molar-refractivity contribution < 1.29 is 0 Å². The van der Waals surface area contributed by atoms with Gasteiger partial charge < -0.3 is 0 Å². The molecule has 9 aromatic rings. The van der Waals surface area contributed by atoms with Crippen molar-refractivity contribution in [2.75, 3.05) is 0 Å². The molecule has 0 N–H and O–H groups in total. The van der Waals surface area contributed by atoms with Crippen molar-refractivity contribution in [2.45, 2.75) is 47.0 Å². The summed E-state index contributed by atoms with van der Waals surface area (Å²) in [7, 11) is 0. The molecule has 4 nitrogen and oxygen atoms in total. The van der Waals surface area contributed by atoms with E-state index in [2.05, 4.69) is 220 Å². The van der Waals surface area contributed by atoms with Crippen molar-refractivity contribution in [3.63, 3.8) is 0 Å². The van der Waals surface area contributed by atoms with Crippen LogP contribution in [0.4, 0.5) is 0 Å². The van der Waals surface area contributed by atoms with Crippen LogP contribution in [-0.4, -0.2) is 19.1 Å². The van der Waals surface area contributed by atoms with E-state index in [1.54, 1.807) is 0 Å². The molecule has 2 heterocycles. The predicted octanol–water partition coefficient (Wildman–Crippen LogP) is 14.2. The first-order chi connectivity index (χ1) is 27.7. The van der Waals surface area contributed by atoms with Gasteiger partial charge in [0.15, 0.2) is 0 Å². The van der Waals surface area contributed by atoms with E-state index in [-0.39, 0.29) is 5.41 Å². The maximum Gasteiger partial charge on any atom is 0.145 e. The summed E-state index contributed by atoms with van der Waals surface area (Å²) in [5.74, 6) is 2.79. The molecular weight excluding hydrogens is 693 g/mol. The van der Waals surface area contributed by atoms with Gasteiger partial charge in [0.05, 0.1) is 22.1 Å². The monoisotopic (exact) mass is 740 g/mol. The van der Waals surface area contributed by atoms with Crippen molar-refractivity contribution in [3.8, 4) is 56.4 Å². The highest BCUT2D eigenvalue weighted by atomic mass is 15.1. The van der Waals surface area contributed by atoms with Gasteiger partial charge in [-0.05, 0) is 106 Å². The van der Waals surface area contributed by atoms with Crippen molar-refractivity contribution in [2.24, 2.45) is 11.3 Å². The molecule has 0 aliphatic heterocycles. The fourth-order valence-corrected chi connectivity index (χ4v) is 8.34. The molecule has 7 aromatic carbocycles. The summed E-state index contributed by atoms with van der Waals surface area (Å²) < 4.78 is 4.53. The SMILES string of the molecule is CC(C)C(CC(C)(C)C)c1cc(-c2ccc(-c3nc4ccccc4n3-c3ccccc3)cc2)cc(-c2ccc(-c3nc4ccccc4n3-c3ccccc3)cc2)c1. The molecule has 2 aromatic heterocycles. The number of hydrogen-bond acceptors (Lipinski definition) is 2. The van der Waals surface area contributed by atoms with Gasteiger partial charge in [-0.1, -0.05) is 156 Å². The average Bonchev–Trinajstić information content (AvgIpc) is 3.83. The summed E-state index contributed by atoms with van der Waals surface area (Å²) in [6.07, 6.45) is 1.11. The van der Waals surface area contributed by atoms with Crippen LogP contribution in [0.5, 0.6) is 0 Å². The smallest absolute Gasteiger partial charge is 0.145 e. The molecule has 0 saturated heterocycles. The molecule has 0 spiro atoms. The van der Waals surface area contributed by atoms with Gasteiger partial charge in [0.2, 0.25) is 0 Å². The van der Waals surface area contributed by atoms with Gasteiger partial charge in [-0.15, -0.1) is 0 Å². The Hall–Kier alpha value is -6.52. The maximum absolute atomic E-state index is 5.13. The molecule has 1 unspecified atom stereocenters. The molecule has 280 valence electrons. The van der Waals surface area contributed by atoms with Crippen LogP contribution >= 0.6 is 0 Å². The fourth-order valence-electron chi connectivity index (χ4n) is 8.34. The van der Waals surface area contributed by atoms with E-state index in [1.807, 2.05) is 0 Å². The summed E-state index contributed by atoms with van der Waals surface area (Å²) in [6, 6.07) is 63.0. The van der Waals surface area contributed by atoms with E-state index in [9.17, 15) is 0 Å². The quantitative estimate of drug-likeness (QED) is 0.148. The third-order valence-electron chi connectivity index (χ3n) is 11.1. The first-order valence-electron chi connectivity index (χ1n) is 20.1. The highest BCUT2D eigenvalue weighted by Gasteiger charge is 2.25. The molecule has 0 radical (unpaired) electrons. The molecular formula is C53H48N4. The second-order valence-corrected chi connectivity index (χ2v) is 16.8. The number of imidazole rings is 2. The molecule has 0 aliphatic carbocycles. The second kappa shape index (κ2) is 14.9. The zero-order chi connectivity index (χ0) is 39.1. The summed E-state index contributed by atoms with van der Waals surface area (Å²) in [5, 5.41) is 0. The number of benzene rings is 7. The Bertz CT molecular complexity index is 2620. The van der Waals surface area contributed by atoms with E-state index >= 15 is 0 Å². The highest BCUT2D eigenvalue weighted by molar-refractivity contribution is 5.85. The minimum Gasteiger partial charge on any atom is -0.292 e. The minimum atomic E-state index is 0.197. The standard InChI is InChI=1S/C53H48N4/c1-36(2)46(35-53(3,4)5)43-33-41(37-24-28-39(29-25-37)51-54-47-20-12-14-22-49(47)56(51)44-16-8-6-9-17-44)32-42(34-43)38-26-30-40(31-27-38)52-55-48-21-13-15-23-50(48)57(52)45-18-10-7-11-19-45/h6-34,36,46H,35H2,1-5H3. The average molecular weight is 741 g/mol. The van der Waals surface area contributed by atoms with Crippen LogP contribution in [0.25, 0.3) is 78.5 Å². The van der Waals surface area contributed by atoms with Gasteiger partial charge in [-0.2, -0.15) is 0 Å². The van der Waals surface area contributed by atoms with Gasteiger partial charge in [0.1, 0.15) is 11.6 Å². The van der Waals surface area contributed by atoms with Crippen LogP contribution in [-0.2, 0) is 0 Å². The zero-order valence-corrected chi connectivity index (χ0v) is 33.4. The topological polar surface area (TPSA) is 35.6 Å². The van der Waals surface area contributed by atoms with Crippen LogP contribution in [0.2, 0.25) is 0 Å². The lowest BCUT2D eigenvalue weighted by Gasteiger charge is -2.30. The first-order valence-corrected chi connectivity index (χ1v) is 20.1. The van der Waals surface area contributed by atoms with Gasteiger partial charge in [0, 0.05) is 22.5 Å². The Balaban J connectivity index is 1.13. The van der Waals surface area contributed by atoms with Crippen molar-refractivity contribution in [1.29, 1.82) is 0 Å². The Kier molecular flexibility index (Phi) is 9.42. The zero-order valence-electron chi connectivity index (χ0n) is 33.4. The highest BCUT2D eigenvalue weighted by Crippen LogP contribution is 2.41. The number of hydrogen-bond donors (Lipinski definition) is 0. The molecule has 0 bridgehead atoms. The third-order valence-corrected chi connectivity index (χ3v) is 11.1. The van der Waals surface area contributed by atoms with Crippen LogP contribution in [0.3, 0.4) is 0 Å². The third kappa shape index (κ3) is 7.20. The fraction of sp³-hybridized carbons (Fsp3) is 0.170. The van der Waals surface area contributed by atoms with E-state index < -0.39 is 0 Å². The van der Waals surface area contributed by atoms with E-state index in [1.165, 1.54) is 27.8 Å². The summed E-state index contributed by atoms with van der Waals surface area (Å²) in [6.45, 7) is 11.8. The van der Waals surface area contributed by atoms with Crippen molar-refractivity contribution >= 4 is 22.1 Å². The Labute approximate surface area is 336 Å². The van der Waals surface area contributed by atoms with Gasteiger partial charge >= 0.3 is 0 Å². The van der Waals surface area contributed by atoms with E-state index in [0.29, 0.717) is 11.8 Å². The number of para-hydroxylation sites is 6.